The van der Waals surface area contributed by atoms with Crippen LogP contribution in [-0.4, -0.2) is 30.3 Å². The van der Waals surface area contributed by atoms with E-state index >= 15 is 0 Å². The van der Waals surface area contributed by atoms with Crippen molar-refractivity contribution >= 4 is 5.78 Å². The van der Waals surface area contributed by atoms with Crippen LogP contribution >= 0.6 is 0 Å². The Hall–Kier alpha value is -0.370. The first-order chi connectivity index (χ1) is 9.42. The van der Waals surface area contributed by atoms with Crippen LogP contribution in [0.3, 0.4) is 0 Å². The molecule has 2 nitrogen and oxygen atoms in total. The summed E-state index contributed by atoms with van der Waals surface area (Å²) in [5, 5.41) is 0. The van der Waals surface area contributed by atoms with Gasteiger partial charge in [0.15, 0.2) is 0 Å². The van der Waals surface area contributed by atoms with Crippen LogP contribution < -0.4 is 0 Å². The second kappa shape index (κ2) is 8.81. The molecule has 20 heavy (non-hydrogen) atoms. The van der Waals surface area contributed by atoms with Gasteiger partial charge < -0.3 is 4.90 Å². The van der Waals surface area contributed by atoms with E-state index in [2.05, 4.69) is 39.5 Å². The minimum absolute atomic E-state index is 0.304. The minimum atomic E-state index is 0.304. The van der Waals surface area contributed by atoms with E-state index in [0.29, 0.717) is 23.5 Å². The highest BCUT2D eigenvalue weighted by Crippen LogP contribution is 2.30. The van der Waals surface area contributed by atoms with Crippen LogP contribution in [0.15, 0.2) is 0 Å². The molecule has 0 aromatic carbocycles. The Morgan fingerprint density at radius 2 is 1.75 bits per heavy atom. The minimum Gasteiger partial charge on any atom is -0.302 e. The van der Waals surface area contributed by atoms with Gasteiger partial charge in [0.05, 0.1) is 0 Å². The maximum atomic E-state index is 12.2. The zero-order valence-electron chi connectivity index (χ0n) is 14.3. The average molecular weight is 281 g/mol. The van der Waals surface area contributed by atoms with Crippen LogP contribution in [0.5, 0.6) is 0 Å². The van der Waals surface area contributed by atoms with Crippen molar-refractivity contribution < 1.29 is 4.79 Å². The second-order valence-electron chi connectivity index (χ2n) is 7.60. The molecule has 118 valence electrons. The summed E-state index contributed by atoms with van der Waals surface area (Å²) in [7, 11) is 0. The lowest BCUT2D eigenvalue weighted by Gasteiger charge is -2.34. The van der Waals surface area contributed by atoms with Gasteiger partial charge in [0, 0.05) is 32.0 Å². The molecule has 0 saturated heterocycles. The molecule has 1 fully saturated rings. The number of hydrogen-bond acceptors (Lipinski definition) is 2. The number of carbonyl (C=O) groups excluding carboxylic acids is 1. The molecule has 0 amide bonds. The van der Waals surface area contributed by atoms with Crippen LogP contribution in [-0.2, 0) is 4.79 Å². The van der Waals surface area contributed by atoms with Crippen LogP contribution in [0.2, 0.25) is 0 Å². The van der Waals surface area contributed by atoms with Gasteiger partial charge in [0.25, 0.3) is 0 Å². The molecule has 0 aliphatic heterocycles. The monoisotopic (exact) mass is 281 g/mol. The molecule has 2 heteroatoms. The highest BCUT2D eigenvalue weighted by molar-refractivity contribution is 5.81. The number of Topliss-reactive ketones (excluding diaryl/α,β-unsaturated/α-hetero) is 1. The van der Waals surface area contributed by atoms with Gasteiger partial charge in [-0.3, -0.25) is 4.79 Å². The van der Waals surface area contributed by atoms with E-state index in [0.717, 1.165) is 44.8 Å². The molecule has 1 saturated carbocycles. The quantitative estimate of drug-likeness (QED) is 0.658. The van der Waals surface area contributed by atoms with E-state index in [-0.39, 0.29) is 0 Å². The van der Waals surface area contributed by atoms with E-state index in [1.54, 1.807) is 0 Å². The van der Waals surface area contributed by atoms with Crippen LogP contribution in [0.4, 0.5) is 0 Å². The van der Waals surface area contributed by atoms with Gasteiger partial charge in [-0.25, -0.2) is 0 Å². The molecular formula is C18H35NO. The third-order valence-corrected chi connectivity index (χ3v) is 4.29. The number of ketones is 1. The third kappa shape index (κ3) is 6.39. The normalized spacial score (nSPS) is 24.1. The lowest BCUT2D eigenvalue weighted by molar-refractivity contribution is -0.126. The van der Waals surface area contributed by atoms with Crippen LogP contribution in [0.1, 0.15) is 66.7 Å². The van der Waals surface area contributed by atoms with Crippen molar-refractivity contribution in [3.05, 3.63) is 0 Å². The summed E-state index contributed by atoms with van der Waals surface area (Å²) in [6.45, 7) is 14.6. The Kier molecular flexibility index (Phi) is 7.79. The van der Waals surface area contributed by atoms with Gasteiger partial charge in [-0.1, -0.05) is 47.5 Å². The van der Waals surface area contributed by atoms with Gasteiger partial charge >= 0.3 is 0 Å². The molecule has 0 heterocycles. The fourth-order valence-corrected chi connectivity index (χ4v) is 3.62. The zero-order chi connectivity index (χ0) is 15.1. The first-order valence-electron chi connectivity index (χ1n) is 8.67. The number of rotatable bonds is 8. The average Bonchev–Trinajstić information content (AvgIpc) is 2.32. The zero-order valence-corrected chi connectivity index (χ0v) is 14.3. The summed E-state index contributed by atoms with van der Waals surface area (Å²) in [5.41, 5.74) is 0. The van der Waals surface area contributed by atoms with Gasteiger partial charge in [0.1, 0.15) is 5.78 Å². The van der Waals surface area contributed by atoms with E-state index in [9.17, 15) is 4.79 Å². The number of hydrogen-bond donors (Lipinski definition) is 0. The standard InChI is InChI=1S/C18H35NO/c1-6-7-16-8-9-18(20)17(10-16)13-19(11-14(2)3)12-15(4)5/h14-17H,6-13H2,1-5H3. The molecule has 2 atom stereocenters. The van der Waals surface area contributed by atoms with E-state index in [1.165, 1.54) is 12.8 Å². The maximum Gasteiger partial charge on any atom is 0.137 e. The Bertz CT molecular complexity index is 275. The van der Waals surface area contributed by atoms with Crippen molar-refractivity contribution in [3.63, 3.8) is 0 Å². The third-order valence-electron chi connectivity index (χ3n) is 4.29. The molecule has 0 radical (unpaired) electrons. The highest BCUT2D eigenvalue weighted by Gasteiger charge is 2.29. The lowest BCUT2D eigenvalue weighted by Crippen LogP contribution is -2.40. The molecule has 1 aliphatic carbocycles. The fourth-order valence-electron chi connectivity index (χ4n) is 3.62. The fraction of sp³-hybridized carbons (Fsp3) is 0.944. The van der Waals surface area contributed by atoms with Crippen molar-refractivity contribution in [2.75, 3.05) is 19.6 Å². The van der Waals surface area contributed by atoms with Crippen molar-refractivity contribution in [1.82, 2.24) is 4.90 Å². The predicted octanol–water partition coefficient (Wildman–Crippen LogP) is 4.39. The number of nitrogens with zero attached hydrogens (tertiary/aromatic N) is 1. The van der Waals surface area contributed by atoms with Crippen molar-refractivity contribution in [2.24, 2.45) is 23.7 Å². The van der Waals surface area contributed by atoms with E-state index < -0.39 is 0 Å². The Labute approximate surface area is 126 Å². The van der Waals surface area contributed by atoms with Crippen molar-refractivity contribution in [3.8, 4) is 0 Å². The first kappa shape index (κ1) is 17.7. The molecule has 0 aromatic rings. The molecular weight excluding hydrogens is 246 g/mol. The summed E-state index contributed by atoms with van der Waals surface area (Å²) in [6, 6.07) is 0. The largest absolute Gasteiger partial charge is 0.302 e. The first-order valence-corrected chi connectivity index (χ1v) is 8.67. The SMILES string of the molecule is CCCC1CCC(=O)C(CN(CC(C)C)CC(C)C)C1. The molecule has 1 rings (SSSR count). The van der Waals surface area contributed by atoms with Crippen molar-refractivity contribution in [2.45, 2.75) is 66.7 Å². The Morgan fingerprint density at radius 1 is 1.15 bits per heavy atom. The maximum absolute atomic E-state index is 12.2. The van der Waals surface area contributed by atoms with Crippen LogP contribution in [0, 0.1) is 23.7 Å². The van der Waals surface area contributed by atoms with E-state index in [4.69, 9.17) is 0 Å². The summed E-state index contributed by atoms with van der Waals surface area (Å²) < 4.78 is 0. The number of carbonyl (C=O) groups is 1. The highest BCUT2D eigenvalue weighted by atomic mass is 16.1. The van der Waals surface area contributed by atoms with Crippen LogP contribution in [0.25, 0.3) is 0 Å². The summed E-state index contributed by atoms with van der Waals surface area (Å²) in [5.74, 6) is 2.98. The second-order valence-corrected chi connectivity index (χ2v) is 7.60. The van der Waals surface area contributed by atoms with E-state index in [1.807, 2.05) is 0 Å². The Balaban J connectivity index is 2.57. The van der Waals surface area contributed by atoms with Gasteiger partial charge in [-0.05, 0) is 30.6 Å². The molecule has 0 bridgehead atoms. The smallest absolute Gasteiger partial charge is 0.137 e. The molecule has 0 spiro atoms. The molecule has 1 aliphatic rings. The van der Waals surface area contributed by atoms with Crippen molar-refractivity contribution in [1.29, 1.82) is 0 Å². The topological polar surface area (TPSA) is 20.3 Å². The summed E-state index contributed by atoms with van der Waals surface area (Å²) in [6.07, 6.45) is 5.66. The predicted molar refractivity (Wildman–Crippen MR) is 86.9 cm³/mol. The molecule has 0 aromatic heterocycles. The Morgan fingerprint density at radius 3 is 2.25 bits per heavy atom. The molecule has 0 N–H and O–H groups in total. The van der Waals surface area contributed by atoms with Gasteiger partial charge in [0.2, 0.25) is 0 Å². The molecule has 2 unspecified atom stereocenters. The van der Waals surface area contributed by atoms with Gasteiger partial charge in [-0.2, -0.15) is 0 Å². The van der Waals surface area contributed by atoms with Gasteiger partial charge in [-0.15, -0.1) is 0 Å². The lowest BCUT2D eigenvalue weighted by atomic mass is 9.78. The summed E-state index contributed by atoms with van der Waals surface area (Å²) in [4.78, 5) is 14.8. The summed E-state index contributed by atoms with van der Waals surface area (Å²) >= 11 is 0.